The molecule has 0 bridgehead atoms. The molecule has 3 aromatic carbocycles. The second-order valence-electron chi connectivity index (χ2n) is 10.1. The lowest BCUT2D eigenvalue weighted by Crippen LogP contribution is -2.48. The SMILES string of the molecule is COc1cccc(NC(=O)N(C)C[C@H]2OCc3ccccc3-c3ccccc3C(=O)N([C@@H](C)CO)C[C@@H]2C)c1. The zero-order chi connectivity index (χ0) is 27.9. The Morgan fingerprint density at radius 3 is 2.51 bits per heavy atom. The third-order valence-corrected chi connectivity index (χ3v) is 7.22. The molecule has 1 aliphatic heterocycles. The normalized spacial score (nSPS) is 18.3. The van der Waals surface area contributed by atoms with Gasteiger partial charge in [-0.1, -0.05) is 55.5 Å². The Balaban J connectivity index is 1.63. The number of aliphatic hydroxyl groups excluding tert-OH is 1. The molecule has 3 amide bonds. The summed E-state index contributed by atoms with van der Waals surface area (Å²) < 4.78 is 11.7. The third-order valence-electron chi connectivity index (χ3n) is 7.22. The number of hydrogen-bond acceptors (Lipinski definition) is 5. The first-order valence-electron chi connectivity index (χ1n) is 13.2. The van der Waals surface area contributed by atoms with Gasteiger partial charge in [-0.25, -0.2) is 4.79 Å². The number of ether oxygens (including phenoxy) is 2. The average molecular weight is 532 g/mol. The van der Waals surface area contributed by atoms with Gasteiger partial charge in [0.05, 0.1) is 32.5 Å². The highest BCUT2D eigenvalue weighted by atomic mass is 16.5. The smallest absolute Gasteiger partial charge is 0.321 e. The van der Waals surface area contributed by atoms with Crippen LogP contribution in [0.25, 0.3) is 11.1 Å². The summed E-state index contributed by atoms with van der Waals surface area (Å²) >= 11 is 0. The number of nitrogens with one attached hydrogen (secondary N) is 1. The van der Waals surface area contributed by atoms with E-state index < -0.39 is 6.04 Å². The molecule has 2 N–H and O–H groups in total. The molecular weight excluding hydrogens is 494 g/mol. The van der Waals surface area contributed by atoms with Gasteiger partial charge in [-0.3, -0.25) is 4.79 Å². The Hall–Kier alpha value is -3.88. The monoisotopic (exact) mass is 531 g/mol. The van der Waals surface area contributed by atoms with Crippen molar-refractivity contribution in [2.24, 2.45) is 5.92 Å². The topological polar surface area (TPSA) is 91.3 Å². The van der Waals surface area contributed by atoms with Crippen LogP contribution in [0.2, 0.25) is 0 Å². The molecule has 0 aromatic heterocycles. The number of nitrogens with zero attached hydrogens (tertiary/aromatic N) is 2. The lowest BCUT2D eigenvalue weighted by molar-refractivity contribution is -0.0178. The van der Waals surface area contributed by atoms with Crippen molar-refractivity contribution in [1.29, 1.82) is 0 Å². The van der Waals surface area contributed by atoms with Crippen LogP contribution in [-0.4, -0.2) is 72.8 Å². The highest BCUT2D eigenvalue weighted by Crippen LogP contribution is 2.31. The first-order chi connectivity index (χ1) is 18.8. The second kappa shape index (κ2) is 12.8. The summed E-state index contributed by atoms with van der Waals surface area (Å²) in [6.45, 7) is 4.69. The van der Waals surface area contributed by atoms with Crippen LogP contribution in [0.5, 0.6) is 5.75 Å². The van der Waals surface area contributed by atoms with Crippen molar-refractivity contribution in [3.05, 3.63) is 83.9 Å². The molecule has 3 atom stereocenters. The number of benzene rings is 3. The van der Waals surface area contributed by atoms with E-state index in [4.69, 9.17) is 9.47 Å². The van der Waals surface area contributed by atoms with Crippen molar-refractivity contribution in [1.82, 2.24) is 9.80 Å². The molecule has 0 saturated carbocycles. The van der Waals surface area contributed by atoms with Crippen LogP contribution in [0.4, 0.5) is 10.5 Å². The summed E-state index contributed by atoms with van der Waals surface area (Å²) in [7, 11) is 3.30. The number of hydrogen-bond donors (Lipinski definition) is 2. The lowest BCUT2D eigenvalue weighted by Gasteiger charge is -2.35. The molecule has 1 aliphatic rings. The van der Waals surface area contributed by atoms with Gasteiger partial charge in [0.25, 0.3) is 5.91 Å². The van der Waals surface area contributed by atoms with E-state index >= 15 is 0 Å². The number of anilines is 1. The van der Waals surface area contributed by atoms with Crippen molar-refractivity contribution in [2.75, 3.05) is 39.2 Å². The first kappa shape index (κ1) is 28.1. The van der Waals surface area contributed by atoms with Gasteiger partial charge in [0, 0.05) is 43.4 Å². The van der Waals surface area contributed by atoms with E-state index in [1.165, 1.54) is 0 Å². The predicted octanol–water partition coefficient (Wildman–Crippen LogP) is 4.88. The molecule has 1 heterocycles. The summed E-state index contributed by atoms with van der Waals surface area (Å²) in [6.07, 6.45) is -0.374. The third kappa shape index (κ3) is 6.58. The summed E-state index contributed by atoms with van der Waals surface area (Å²) in [5.41, 5.74) is 3.93. The molecule has 0 saturated heterocycles. The fourth-order valence-corrected chi connectivity index (χ4v) is 4.82. The van der Waals surface area contributed by atoms with E-state index in [1.807, 2.05) is 74.5 Å². The minimum absolute atomic E-state index is 0.132. The highest BCUT2D eigenvalue weighted by molar-refractivity contribution is 6.01. The van der Waals surface area contributed by atoms with E-state index in [-0.39, 0.29) is 30.6 Å². The summed E-state index contributed by atoms with van der Waals surface area (Å²) in [6, 6.07) is 22.0. The van der Waals surface area contributed by atoms with Gasteiger partial charge in [0.1, 0.15) is 5.75 Å². The second-order valence-corrected chi connectivity index (χ2v) is 10.1. The quantitative estimate of drug-likeness (QED) is 0.473. The zero-order valence-corrected chi connectivity index (χ0v) is 23.0. The number of carbonyl (C=O) groups is 2. The van der Waals surface area contributed by atoms with Gasteiger partial charge >= 0.3 is 6.03 Å². The molecule has 3 aromatic rings. The molecule has 39 heavy (non-hydrogen) atoms. The van der Waals surface area contributed by atoms with Gasteiger partial charge in [-0.05, 0) is 41.8 Å². The summed E-state index contributed by atoms with van der Waals surface area (Å²) in [4.78, 5) is 30.3. The van der Waals surface area contributed by atoms with Gasteiger partial charge in [-0.2, -0.15) is 0 Å². The average Bonchev–Trinajstić information content (AvgIpc) is 2.98. The van der Waals surface area contributed by atoms with E-state index in [2.05, 4.69) is 5.32 Å². The highest BCUT2D eigenvalue weighted by Gasteiger charge is 2.31. The molecule has 0 unspecified atom stereocenters. The van der Waals surface area contributed by atoms with Crippen LogP contribution >= 0.6 is 0 Å². The van der Waals surface area contributed by atoms with Gasteiger partial charge in [-0.15, -0.1) is 0 Å². The van der Waals surface area contributed by atoms with Gasteiger partial charge in [0.2, 0.25) is 0 Å². The number of carbonyl (C=O) groups excluding carboxylic acids is 2. The van der Waals surface area contributed by atoms with Crippen LogP contribution in [0.1, 0.15) is 29.8 Å². The van der Waals surface area contributed by atoms with Crippen LogP contribution in [0, 0.1) is 5.92 Å². The maximum Gasteiger partial charge on any atom is 0.321 e. The van der Waals surface area contributed by atoms with Crippen LogP contribution in [-0.2, 0) is 11.3 Å². The summed E-state index contributed by atoms with van der Waals surface area (Å²) in [5, 5.41) is 12.9. The molecule has 0 spiro atoms. The van der Waals surface area contributed by atoms with E-state index in [0.29, 0.717) is 36.7 Å². The molecule has 4 rings (SSSR count). The molecule has 8 nitrogen and oxygen atoms in total. The van der Waals surface area contributed by atoms with E-state index in [9.17, 15) is 14.7 Å². The van der Waals surface area contributed by atoms with Crippen LogP contribution < -0.4 is 10.1 Å². The maximum absolute atomic E-state index is 13.9. The fourth-order valence-electron chi connectivity index (χ4n) is 4.82. The summed E-state index contributed by atoms with van der Waals surface area (Å²) in [5.74, 6) is 0.379. The minimum Gasteiger partial charge on any atom is -0.497 e. The van der Waals surface area contributed by atoms with E-state index in [1.54, 1.807) is 36.1 Å². The number of methoxy groups -OCH3 is 1. The number of amides is 3. The first-order valence-corrected chi connectivity index (χ1v) is 13.2. The number of likely N-dealkylation sites (N-methyl/N-ethyl adjacent to an activating group) is 1. The Labute approximate surface area is 230 Å². The molecular formula is C31H37N3O5. The fraction of sp³-hybridized carbons (Fsp3) is 0.355. The number of urea groups is 1. The minimum atomic E-state index is -0.390. The Morgan fingerprint density at radius 2 is 1.79 bits per heavy atom. The zero-order valence-electron chi connectivity index (χ0n) is 23.0. The number of aliphatic hydroxyl groups is 1. The molecule has 0 aliphatic carbocycles. The van der Waals surface area contributed by atoms with Crippen LogP contribution in [0.15, 0.2) is 72.8 Å². The molecule has 0 radical (unpaired) electrons. The predicted molar refractivity (Wildman–Crippen MR) is 152 cm³/mol. The number of fused-ring (bicyclic) bond motifs is 3. The van der Waals surface area contributed by atoms with Gasteiger partial charge < -0.3 is 29.7 Å². The maximum atomic E-state index is 13.9. The Bertz CT molecular complexity index is 1300. The van der Waals surface area contributed by atoms with Gasteiger partial charge in [0.15, 0.2) is 0 Å². The van der Waals surface area contributed by atoms with Crippen LogP contribution in [0.3, 0.4) is 0 Å². The lowest BCUT2D eigenvalue weighted by atomic mass is 9.94. The largest absolute Gasteiger partial charge is 0.497 e. The molecule has 206 valence electrons. The van der Waals surface area contributed by atoms with Crippen molar-refractivity contribution < 1.29 is 24.2 Å². The Morgan fingerprint density at radius 1 is 1.10 bits per heavy atom. The molecule has 0 fully saturated rings. The molecule has 8 heteroatoms. The Kier molecular flexibility index (Phi) is 9.22. The van der Waals surface area contributed by atoms with E-state index in [0.717, 1.165) is 16.7 Å². The van der Waals surface area contributed by atoms with Crippen molar-refractivity contribution >= 4 is 17.6 Å². The standard InChI is InChI=1S/C31H37N3O5/c1-21-17-34(22(2)19-35)30(36)28-15-8-7-14-27(28)26-13-6-5-10-23(26)20-39-29(21)18-33(3)31(37)32-24-11-9-12-25(16-24)38-4/h5-16,21-22,29,35H,17-20H2,1-4H3,(H,32,37)/t21-,22-,29+/m0/s1. The van der Waals surface area contributed by atoms with Crippen molar-refractivity contribution in [2.45, 2.75) is 32.6 Å². The number of rotatable bonds is 6. The van der Waals surface area contributed by atoms with Crippen molar-refractivity contribution in [3.8, 4) is 16.9 Å². The van der Waals surface area contributed by atoms with Crippen molar-refractivity contribution in [3.63, 3.8) is 0 Å².